The third kappa shape index (κ3) is 1.58. The van der Waals surface area contributed by atoms with Gasteiger partial charge in [-0.2, -0.15) is 0 Å². The second-order valence-corrected chi connectivity index (χ2v) is 6.13. The van der Waals surface area contributed by atoms with Gasteiger partial charge in [-0.15, -0.1) is 0 Å². The Hall–Kier alpha value is -0.820. The summed E-state index contributed by atoms with van der Waals surface area (Å²) < 4.78 is 0. The van der Waals surface area contributed by atoms with Crippen LogP contribution in [0.25, 0.3) is 0 Å². The van der Waals surface area contributed by atoms with E-state index < -0.39 is 0 Å². The molecule has 1 heteroatoms. The Balaban J connectivity index is 2.38. The molecule has 16 heavy (non-hydrogen) atoms. The Morgan fingerprint density at radius 2 is 1.94 bits per heavy atom. The van der Waals surface area contributed by atoms with Crippen LogP contribution < -0.4 is 5.73 Å². The van der Waals surface area contributed by atoms with Crippen LogP contribution in [0, 0.1) is 5.41 Å². The Labute approximate surface area is 99.0 Å². The van der Waals surface area contributed by atoms with E-state index in [0.29, 0.717) is 11.3 Å². The van der Waals surface area contributed by atoms with Crippen molar-refractivity contribution < 1.29 is 0 Å². The smallest absolute Gasteiger partial charge is 0.0132 e. The quantitative estimate of drug-likeness (QED) is 0.824. The van der Waals surface area contributed by atoms with Crippen molar-refractivity contribution in [3.63, 3.8) is 0 Å². The maximum absolute atomic E-state index is 6.00. The Kier molecular flexibility index (Phi) is 2.62. The van der Waals surface area contributed by atoms with Crippen LogP contribution in [-0.4, -0.2) is 6.54 Å². The van der Waals surface area contributed by atoms with Crippen LogP contribution in [0.1, 0.15) is 51.2 Å². The van der Waals surface area contributed by atoms with Crippen molar-refractivity contribution in [1.29, 1.82) is 0 Å². The molecule has 0 heterocycles. The van der Waals surface area contributed by atoms with Gasteiger partial charge in [-0.05, 0) is 28.9 Å². The van der Waals surface area contributed by atoms with E-state index in [4.69, 9.17) is 5.73 Å². The lowest BCUT2D eigenvalue weighted by atomic mass is 9.86. The summed E-state index contributed by atoms with van der Waals surface area (Å²) in [5.41, 5.74) is 9.47. The molecule has 88 valence electrons. The van der Waals surface area contributed by atoms with Crippen LogP contribution in [0.2, 0.25) is 0 Å². The van der Waals surface area contributed by atoms with Crippen molar-refractivity contribution in [2.45, 2.75) is 45.4 Å². The van der Waals surface area contributed by atoms with Crippen LogP contribution in [0.4, 0.5) is 0 Å². The normalized spacial score (nSPS) is 27.1. The first-order valence-corrected chi connectivity index (χ1v) is 6.23. The lowest BCUT2D eigenvalue weighted by Crippen LogP contribution is -2.25. The van der Waals surface area contributed by atoms with Gasteiger partial charge in [-0.1, -0.05) is 52.0 Å². The minimum absolute atomic E-state index is 0.234. The topological polar surface area (TPSA) is 26.0 Å². The summed E-state index contributed by atoms with van der Waals surface area (Å²) in [6, 6.07) is 8.99. The van der Waals surface area contributed by atoms with Crippen molar-refractivity contribution in [2.75, 3.05) is 6.54 Å². The first kappa shape index (κ1) is 11.7. The molecule has 1 aromatic rings. The van der Waals surface area contributed by atoms with Gasteiger partial charge < -0.3 is 5.73 Å². The number of hydrogen-bond acceptors (Lipinski definition) is 1. The van der Waals surface area contributed by atoms with Gasteiger partial charge in [0.1, 0.15) is 0 Å². The summed E-state index contributed by atoms with van der Waals surface area (Å²) in [6.07, 6.45) is 1.22. The molecular weight excluding hydrogens is 194 g/mol. The third-order valence-electron chi connectivity index (χ3n) is 4.37. The van der Waals surface area contributed by atoms with E-state index in [1.807, 2.05) is 0 Å². The molecule has 1 aromatic carbocycles. The summed E-state index contributed by atoms with van der Waals surface area (Å²) in [6.45, 7) is 9.89. The maximum Gasteiger partial charge on any atom is 0.0132 e. The summed E-state index contributed by atoms with van der Waals surface area (Å²) in [7, 11) is 0. The fraction of sp³-hybridized carbons (Fsp3) is 0.600. The zero-order valence-corrected chi connectivity index (χ0v) is 10.9. The van der Waals surface area contributed by atoms with Crippen LogP contribution >= 0.6 is 0 Å². The Morgan fingerprint density at radius 3 is 2.38 bits per heavy atom. The van der Waals surface area contributed by atoms with Crippen LogP contribution in [0.5, 0.6) is 0 Å². The highest BCUT2D eigenvalue weighted by Gasteiger charge is 2.60. The lowest BCUT2D eigenvalue weighted by Gasteiger charge is -2.20. The second kappa shape index (κ2) is 3.59. The van der Waals surface area contributed by atoms with E-state index in [1.165, 1.54) is 17.5 Å². The van der Waals surface area contributed by atoms with E-state index in [1.54, 1.807) is 0 Å². The molecule has 0 aromatic heterocycles. The number of rotatable bonds is 3. The Morgan fingerprint density at radius 1 is 1.31 bits per heavy atom. The van der Waals surface area contributed by atoms with Gasteiger partial charge in [0.25, 0.3) is 0 Å². The minimum atomic E-state index is 0.234. The third-order valence-corrected chi connectivity index (χ3v) is 4.37. The first-order valence-electron chi connectivity index (χ1n) is 6.23. The highest BCUT2D eigenvalue weighted by molar-refractivity contribution is 5.40. The minimum Gasteiger partial charge on any atom is -0.330 e. The largest absolute Gasteiger partial charge is 0.330 e. The van der Waals surface area contributed by atoms with Gasteiger partial charge in [0, 0.05) is 12.0 Å². The fourth-order valence-corrected chi connectivity index (χ4v) is 2.86. The van der Waals surface area contributed by atoms with Crippen molar-refractivity contribution in [1.82, 2.24) is 0 Å². The molecule has 1 nitrogen and oxygen atoms in total. The van der Waals surface area contributed by atoms with Crippen molar-refractivity contribution >= 4 is 0 Å². The average Bonchev–Trinajstić information content (AvgIpc) is 2.82. The molecule has 0 amide bonds. The molecule has 2 rings (SSSR count). The van der Waals surface area contributed by atoms with Crippen LogP contribution in [0.3, 0.4) is 0 Å². The summed E-state index contributed by atoms with van der Waals surface area (Å²) >= 11 is 0. The van der Waals surface area contributed by atoms with Crippen molar-refractivity contribution in [3.05, 3.63) is 35.4 Å². The number of benzene rings is 1. The second-order valence-electron chi connectivity index (χ2n) is 6.13. The van der Waals surface area contributed by atoms with E-state index in [2.05, 4.69) is 52.0 Å². The van der Waals surface area contributed by atoms with Gasteiger partial charge >= 0.3 is 0 Å². The molecule has 0 saturated heterocycles. The zero-order chi connectivity index (χ0) is 12.0. The molecule has 1 unspecified atom stereocenters. The van der Waals surface area contributed by atoms with Gasteiger partial charge in [0.2, 0.25) is 0 Å². The van der Waals surface area contributed by atoms with Gasteiger partial charge in [-0.3, -0.25) is 0 Å². The van der Waals surface area contributed by atoms with E-state index >= 15 is 0 Å². The van der Waals surface area contributed by atoms with E-state index in [0.717, 1.165) is 6.54 Å². The van der Waals surface area contributed by atoms with Crippen LogP contribution in [0.15, 0.2) is 24.3 Å². The van der Waals surface area contributed by atoms with Crippen LogP contribution in [-0.2, 0) is 5.41 Å². The number of hydrogen-bond donors (Lipinski definition) is 1. The molecule has 0 aliphatic heterocycles. The molecule has 1 saturated carbocycles. The first-order chi connectivity index (χ1) is 7.43. The molecular formula is C15H23N. The molecule has 1 aliphatic rings. The fourth-order valence-electron chi connectivity index (χ4n) is 2.86. The monoisotopic (exact) mass is 217 g/mol. The average molecular weight is 217 g/mol. The van der Waals surface area contributed by atoms with Crippen molar-refractivity contribution in [2.24, 2.45) is 11.1 Å². The van der Waals surface area contributed by atoms with Gasteiger partial charge in [-0.25, -0.2) is 0 Å². The lowest BCUT2D eigenvalue weighted by molar-refractivity contribution is 0.502. The SMILES string of the molecule is CC(C)c1cccc(C2(CN)CC2(C)C)c1. The molecule has 1 fully saturated rings. The molecule has 0 spiro atoms. The number of nitrogens with two attached hydrogens (primary N) is 1. The van der Waals surface area contributed by atoms with Gasteiger partial charge in [0.05, 0.1) is 0 Å². The molecule has 0 radical (unpaired) electrons. The Bertz CT molecular complexity index is 392. The molecule has 1 aliphatic carbocycles. The standard InChI is InChI=1S/C15H23N/c1-11(2)12-6-5-7-13(8-12)15(10-16)9-14(15,3)4/h5-8,11H,9-10,16H2,1-4H3. The summed E-state index contributed by atoms with van der Waals surface area (Å²) in [5.74, 6) is 0.594. The summed E-state index contributed by atoms with van der Waals surface area (Å²) in [4.78, 5) is 0. The highest BCUT2D eigenvalue weighted by atomic mass is 14.7. The molecule has 1 atom stereocenters. The molecule has 0 bridgehead atoms. The predicted molar refractivity (Wildman–Crippen MR) is 69.7 cm³/mol. The van der Waals surface area contributed by atoms with Gasteiger partial charge in [0.15, 0.2) is 0 Å². The molecule has 2 N–H and O–H groups in total. The highest BCUT2D eigenvalue weighted by Crippen LogP contribution is 2.63. The van der Waals surface area contributed by atoms with Crippen molar-refractivity contribution in [3.8, 4) is 0 Å². The maximum atomic E-state index is 6.00. The summed E-state index contributed by atoms with van der Waals surface area (Å²) in [5, 5.41) is 0. The predicted octanol–water partition coefficient (Wildman–Crippen LogP) is 3.44. The zero-order valence-electron chi connectivity index (χ0n) is 10.9. The van der Waals surface area contributed by atoms with E-state index in [-0.39, 0.29) is 5.41 Å². The van der Waals surface area contributed by atoms with E-state index in [9.17, 15) is 0 Å².